The van der Waals surface area contributed by atoms with Gasteiger partial charge in [-0.2, -0.15) is 0 Å². The molecule has 0 spiro atoms. The van der Waals surface area contributed by atoms with E-state index in [-0.39, 0.29) is 5.75 Å². The van der Waals surface area contributed by atoms with Gasteiger partial charge >= 0.3 is 0 Å². The topological polar surface area (TPSA) is 55.4 Å². The van der Waals surface area contributed by atoms with Crippen LogP contribution in [0.1, 0.15) is 18.4 Å². The van der Waals surface area contributed by atoms with Gasteiger partial charge in [-0.3, -0.25) is 4.72 Å². The molecule has 0 aliphatic heterocycles. The van der Waals surface area contributed by atoms with E-state index in [2.05, 4.69) is 4.72 Å². The van der Waals surface area contributed by atoms with Gasteiger partial charge in [0.05, 0.1) is 18.0 Å². The second-order valence-electron chi connectivity index (χ2n) is 3.91. The predicted octanol–water partition coefficient (Wildman–Crippen LogP) is 2.59. The zero-order valence-electron chi connectivity index (χ0n) is 10.4. The van der Waals surface area contributed by atoms with Crippen molar-refractivity contribution in [3.63, 3.8) is 0 Å². The number of alkyl halides is 1. The lowest BCUT2D eigenvalue weighted by molar-refractivity contribution is 0.185. The Hall–Kier alpha value is -0.780. The van der Waals surface area contributed by atoms with Crippen LogP contribution in [0.25, 0.3) is 0 Å². The number of sulfonamides is 1. The summed E-state index contributed by atoms with van der Waals surface area (Å²) in [6, 6.07) is 7.20. The molecular formula is C12H18ClNO3S. The van der Waals surface area contributed by atoms with Crippen molar-refractivity contribution in [2.75, 3.05) is 23.5 Å². The largest absolute Gasteiger partial charge is 0.380 e. The number of methoxy groups -OCH3 is 1. The lowest BCUT2D eigenvalue weighted by atomic mass is 10.2. The molecule has 0 unspecified atom stereocenters. The number of rotatable bonds is 8. The molecule has 1 aromatic carbocycles. The Morgan fingerprint density at radius 2 is 2.00 bits per heavy atom. The van der Waals surface area contributed by atoms with Crippen molar-refractivity contribution in [2.45, 2.75) is 19.4 Å². The molecule has 0 radical (unpaired) electrons. The van der Waals surface area contributed by atoms with Gasteiger partial charge in [0.25, 0.3) is 0 Å². The van der Waals surface area contributed by atoms with Gasteiger partial charge in [-0.05, 0) is 18.9 Å². The Kier molecular flexibility index (Phi) is 6.46. The van der Waals surface area contributed by atoms with Crippen LogP contribution in [0.3, 0.4) is 0 Å². The fourth-order valence-electron chi connectivity index (χ4n) is 1.51. The Balaban J connectivity index is 2.71. The molecule has 6 heteroatoms. The smallest absolute Gasteiger partial charge is 0.232 e. The van der Waals surface area contributed by atoms with Crippen molar-refractivity contribution in [1.82, 2.24) is 0 Å². The fourth-order valence-corrected chi connectivity index (χ4v) is 2.92. The highest BCUT2D eigenvalue weighted by Gasteiger charge is 2.12. The van der Waals surface area contributed by atoms with Crippen molar-refractivity contribution in [3.8, 4) is 0 Å². The summed E-state index contributed by atoms with van der Waals surface area (Å²) >= 11 is 5.53. The third-order valence-electron chi connectivity index (χ3n) is 2.38. The number of unbranched alkanes of at least 4 members (excludes halogenated alkanes) is 1. The van der Waals surface area contributed by atoms with Crippen molar-refractivity contribution >= 4 is 27.3 Å². The van der Waals surface area contributed by atoms with Crippen molar-refractivity contribution in [1.29, 1.82) is 0 Å². The predicted molar refractivity (Wildman–Crippen MR) is 74.5 cm³/mol. The summed E-state index contributed by atoms with van der Waals surface area (Å²) in [4.78, 5) is 0. The molecule has 1 N–H and O–H groups in total. The normalized spacial score (nSPS) is 11.4. The molecule has 4 nitrogen and oxygen atoms in total. The quantitative estimate of drug-likeness (QED) is 0.592. The molecule has 0 aliphatic carbocycles. The molecule has 0 amide bonds. The van der Waals surface area contributed by atoms with Gasteiger partial charge in [-0.15, -0.1) is 11.6 Å². The first-order chi connectivity index (χ1) is 8.59. The van der Waals surface area contributed by atoms with Crippen LogP contribution in [0.5, 0.6) is 0 Å². The third kappa shape index (κ3) is 5.25. The average Bonchev–Trinajstić information content (AvgIpc) is 2.32. The number of halogens is 1. The molecule has 0 saturated heterocycles. The minimum Gasteiger partial charge on any atom is -0.380 e. The Morgan fingerprint density at radius 1 is 1.28 bits per heavy atom. The van der Waals surface area contributed by atoms with Crippen molar-refractivity contribution in [3.05, 3.63) is 29.8 Å². The number of hydrogen-bond acceptors (Lipinski definition) is 3. The summed E-state index contributed by atoms with van der Waals surface area (Å²) in [5.74, 6) is 0.566. The monoisotopic (exact) mass is 291 g/mol. The molecule has 0 bridgehead atoms. The Labute approximate surface area is 113 Å². The highest BCUT2D eigenvalue weighted by atomic mass is 35.5. The van der Waals surface area contributed by atoms with Crippen LogP contribution >= 0.6 is 11.6 Å². The Morgan fingerprint density at radius 3 is 2.67 bits per heavy atom. The molecule has 0 heterocycles. The van der Waals surface area contributed by atoms with Crippen LogP contribution in [0, 0.1) is 0 Å². The van der Waals surface area contributed by atoms with Crippen LogP contribution in [0.4, 0.5) is 5.69 Å². The maximum atomic E-state index is 11.8. The minimum atomic E-state index is -3.31. The Bertz CT molecular complexity index is 462. The molecule has 102 valence electrons. The molecular weight excluding hydrogens is 274 g/mol. The van der Waals surface area contributed by atoms with Gasteiger partial charge in [-0.25, -0.2) is 8.42 Å². The van der Waals surface area contributed by atoms with E-state index in [1.807, 2.05) is 12.1 Å². The van der Waals surface area contributed by atoms with E-state index in [1.165, 1.54) is 0 Å². The lowest BCUT2D eigenvalue weighted by Gasteiger charge is -2.11. The maximum absolute atomic E-state index is 11.8. The van der Waals surface area contributed by atoms with E-state index in [0.717, 1.165) is 5.56 Å². The summed E-state index contributed by atoms with van der Waals surface area (Å²) in [5, 5.41) is 0. The van der Waals surface area contributed by atoms with E-state index >= 15 is 0 Å². The van der Waals surface area contributed by atoms with Gasteiger partial charge in [0.15, 0.2) is 0 Å². The van der Waals surface area contributed by atoms with Crippen LogP contribution in [0.15, 0.2) is 24.3 Å². The second kappa shape index (κ2) is 7.61. The van der Waals surface area contributed by atoms with Crippen LogP contribution in [0.2, 0.25) is 0 Å². The first-order valence-electron chi connectivity index (χ1n) is 5.72. The zero-order valence-corrected chi connectivity index (χ0v) is 11.9. The van der Waals surface area contributed by atoms with Gasteiger partial charge in [-0.1, -0.05) is 18.2 Å². The molecule has 1 aromatic rings. The molecule has 0 fully saturated rings. The van der Waals surface area contributed by atoms with Crippen molar-refractivity contribution in [2.24, 2.45) is 0 Å². The van der Waals surface area contributed by atoms with Crippen LogP contribution < -0.4 is 4.72 Å². The maximum Gasteiger partial charge on any atom is 0.232 e. The SMILES string of the molecule is COCc1ccccc1NS(=O)(=O)CCCCCl. The summed E-state index contributed by atoms with van der Waals surface area (Å²) in [6.45, 7) is 0.375. The van der Waals surface area contributed by atoms with E-state index in [1.54, 1.807) is 19.2 Å². The average molecular weight is 292 g/mol. The number of benzene rings is 1. The number of ether oxygens (including phenoxy) is 1. The van der Waals surface area contributed by atoms with E-state index in [4.69, 9.17) is 16.3 Å². The standard InChI is InChI=1S/C12H18ClNO3S/c1-17-10-11-6-2-3-7-12(11)14-18(15,16)9-5-4-8-13/h2-3,6-7,14H,4-5,8-10H2,1H3. The molecule has 18 heavy (non-hydrogen) atoms. The first-order valence-corrected chi connectivity index (χ1v) is 7.91. The zero-order chi connectivity index (χ0) is 13.4. The number of nitrogens with one attached hydrogen (secondary N) is 1. The molecule has 0 atom stereocenters. The van der Waals surface area contributed by atoms with Gasteiger partial charge in [0.2, 0.25) is 10.0 Å². The van der Waals surface area contributed by atoms with Gasteiger partial charge in [0.1, 0.15) is 0 Å². The highest BCUT2D eigenvalue weighted by Crippen LogP contribution is 2.17. The summed E-state index contributed by atoms with van der Waals surface area (Å²) in [5.41, 5.74) is 1.39. The molecule has 0 aliphatic rings. The second-order valence-corrected chi connectivity index (χ2v) is 6.13. The fraction of sp³-hybridized carbons (Fsp3) is 0.500. The number of anilines is 1. The van der Waals surface area contributed by atoms with E-state index in [0.29, 0.717) is 31.0 Å². The first kappa shape index (κ1) is 15.3. The van der Waals surface area contributed by atoms with Crippen molar-refractivity contribution < 1.29 is 13.2 Å². The van der Waals surface area contributed by atoms with Gasteiger partial charge < -0.3 is 4.74 Å². The molecule has 0 saturated carbocycles. The third-order valence-corrected chi connectivity index (χ3v) is 4.00. The van der Waals surface area contributed by atoms with Crippen LogP contribution in [-0.2, 0) is 21.4 Å². The summed E-state index contributed by atoms with van der Waals surface area (Å²) in [6.07, 6.45) is 1.26. The van der Waals surface area contributed by atoms with E-state index < -0.39 is 10.0 Å². The van der Waals surface area contributed by atoms with E-state index in [9.17, 15) is 8.42 Å². The highest BCUT2D eigenvalue weighted by molar-refractivity contribution is 7.92. The van der Waals surface area contributed by atoms with Crippen LogP contribution in [-0.4, -0.2) is 27.2 Å². The number of hydrogen-bond donors (Lipinski definition) is 1. The van der Waals surface area contributed by atoms with Gasteiger partial charge in [0, 0.05) is 18.6 Å². The molecule has 1 rings (SSSR count). The summed E-state index contributed by atoms with van der Waals surface area (Å²) in [7, 11) is -1.74. The lowest BCUT2D eigenvalue weighted by Crippen LogP contribution is -2.17. The summed E-state index contributed by atoms with van der Waals surface area (Å²) < 4.78 is 31.3. The number of para-hydroxylation sites is 1. The minimum absolute atomic E-state index is 0.0844. The molecule has 0 aromatic heterocycles.